The van der Waals surface area contributed by atoms with Crippen molar-refractivity contribution in [3.8, 4) is 10.6 Å². The number of thiazole rings is 2. The number of aryl methyl sites for hydroxylation is 2. The molecule has 3 nitrogen and oxygen atoms in total. The van der Waals surface area contributed by atoms with Crippen molar-refractivity contribution in [2.45, 2.75) is 53.0 Å². The average molecular weight is 295 g/mol. The van der Waals surface area contributed by atoms with E-state index in [-0.39, 0.29) is 0 Å². The molecule has 2 rings (SSSR count). The van der Waals surface area contributed by atoms with E-state index in [9.17, 15) is 0 Å². The Bertz CT molecular complexity index is 531. The molecule has 0 bridgehead atoms. The highest BCUT2D eigenvalue weighted by molar-refractivity contribution is 7.16. The lowest BCUT2D eigenvalue weighted by molar-refractivity contribution is 0.763. The first kappa shape index (κ1) is 14.5. The molecule has 0 aliphatic rings. The molecule has 1 unspecified atom stereocenters. The summed E-state index contributed by atoms with van der Waals surface area (Å²) < 4.78 is 0. The van der Waals surface area contributed by atoms with Gasteiger partial charge in [0.25, 0.3) is 0 Å². The van der Waals surface area contributed by atoms with Crippen LogP contribution in [0.5, 0.6) is 0 Å². The van der Waals surface area contributed by atoms with Gasteiger partial charge in [-0.05, 0) is 33.1 Å². The van der Waals surface area contributed by atoms with Crippen LogP contribution in [0.1, 0.15) is 44.3 Å². The molecule has 0 saturated heterocycles. The van der Waals surface area contributed by atoms with Crippen LogP contribution >= 0.6 is 22.7 Å². The largest absolute Gasteiger partial charge is 0.359 e. The number of nitrogens with zero attached hydrogens (tertiary/aromatic N) is 2. The van der Waals surface area contributed by atoms with Crippen LogP contribution < -0.4 is 5.32 Å². The van der Waals surface area contributed by atoms with Crippen LogP contribution in [0.15, 0.2) is 5.38 Å². The quantitative estimate of drug-likeness (QED) is 0.836. The number of rotatable bonds is 6. The van der Waals surface area contributed by atoms with Crippen molar-refractivity contribution in [3.63, 3.8) is 0 Å². The predicted octanol–water partition coefficient (Wildman–Crippen LogP) is 4.74. The van der Waals surface area contributed by atoms with E-state index in [0.717, 1.165) is 35.8 Å². The molecule has 2 aromatic rings. The lowest BCUT2D eigenvalue weighted by atomic mass is 10.3. The van der Waals surface area contributed by atoms with Crippen molar-refractivity contribution in [1.82, 2.24) is 9.97 Å². The van der Waals surface area contributed by atoms with Gasteiger partial charge in [-0.3, -0.25) is 0 Å². The normalized spacial score (nSPS) is 12.6. The predicted molar refractivity (Wildman–Crippen MR) is 85.3 cm³/mol. The molecule has 0 spiro atoms. The van der Waals surface area contributed by atoms with Gasteiger partial charge in [-0.25, -0.2) is 9.97 Å². The summed E-state index contributed by atoms with van der Waals surface area (Å²) in [6, 6.07) is 0.470. The van der Waals surface area contributed by atoms with Crippen molar-refractivity contribution in [2.75, 3.05) is 5.32 Å². The van der Waals surface area contributed by atoms with Gasteiger partial charge in [0.1, 0.15) is 0 Å². The fourth-order valence-electron chi connectivity index (χ4n) is 1.77. The topological polar surface area (TPSA) is 37.8 Å². The Labute approximate surface area is 123 Å². The molecule has 0 radical (unpaired) electrons. The Hall–Kier alpha value is -0.940. The molecule has 1 N–H and O–H groups in total. The van der Waals surface area contributed by atoms with Gasteiger partial charge >= 0.3 is 0 Å². The van der Waals surface area contributed by atoms with E-state index >= 15 is 0 Å². The van der Waals surface area contributed by atoms with Crippen LogP contribution in [0, 0.1) is 6.92 Å². The summed E-state index contributed by atoms with van der Waals surface area (Å²) in [6.45, 7) is 8.62. The smallest absolute Gasteiger partial charge is 0.183 e. The van der Waals surface area contributed by atoms with Crippen molar-refractivity contribution in [1.29, 1.82) is 0 Å². The molecule has 2 heterocycles. The first-order chi connectivity index (χ1) is 9.13. The molecule has 0 aromatic carbocycles. The van der Waals surface area contributed by atoms with Crippen LogP contribution in [0.25, 0.3) is 10.6 Å². The molecule has 0 aliphatic carbocycles. The van der Waals surface area contributed by atoms with Gasteiger partial charge in [0.2, 0.25) is 0 Å². The van der Waals surface area contributed by atoms with Crippen molar-refractivity contribution in [3.05, 3.63) is 16.1 Å². The van der Waals surface area contributed by atoms with Gasteiger partial charge in [-0.1, -0.05) is 13.8 Å². The summed E-state index contributed by atoms with van der Waals surface area (Å²) >= 11 is 3.46. The second kappa shape index (κ2) is 6.48. The summed E-state index contributed by atoms with van der Waals surface area (Å²) in [5.74, 6) is 0. The minimum atomic E-state index is 0.470. The zero-order valence-electron chi connectivity index (χ0n) is 12.0. The minimum absolute atomic E-state index is 0.470. The number of anilines is 1. The molecule has 2 aromatic heterocycles. The Morgan fingerprint density at radius 3 is 2.79 bits per heavy atom. The Morgan fingerprint density at radius 1 is 1.32 bits per heavy atom. The summed E-state index contributed by atoms with van der Waals surface area (Å²) in [4.78, 5) is 10.5. The third-order valence-electron chi connectivity index (χ3n) is 3.02. The monoisotopic (exact) mass is 295 g/mol. The van der Waals surface area contributed by atoms with Gasteiger partial charge in [-0.15, -0.1) is 22.7 Å². The molecule has 1 atom stereocenters. The molecule has 0 amide bonds. The van der Waals surface area contributed by atoms with Gasteiger partial charge in [0, 0.05) is 11.4 Å². The minimum Gasteiger partial charge on any atom is -0.359 e. The zero-order valence-corrected chi connectivity index (χ0v) is 13.6. The molecule has 0 saturated carbocycles. The number of aromatic nitrogens is 2. The van der Waals surface area contributed by atoms with Crippen molar-refractivity contribution < 1.29 is 0 Å². The highest BCUT2D eigenvalue weighted by Crippen LogP contribution is 2.32. The first-order valence-electron chi connectivity index (χ1n) is 6.82. The van der Waals surface area contributed by atoms with Gasteiger partial charge in [0.05, 0.1) is 21.3 Å². The maximum absolute atomic E-state index is 4.68. The highest BCUT2D eigenvalue weighted by Gasteiger charge is 2.13. The van der Waals surface area contributed by atoms with E-state index in [1.165, 1.54) is 9.88 Å². The van der Waals surface area contributed by atoms with Crippen LogP contribution in [-0.2, 0) is 6.42 Å². The molecule has 0 aliphatic heterocycles. The maximum Gasteiger partial charge on any atom is 0.183 e. The van der Waals surface area contributed by atoms with Gasteiger partial charge in [0.15, 0.2) is 5.13 Å². The highest BCUT2D eigenvalue weighted by atomic mass is 32.1. The van der Waals surface area contributed by atoms with E-state index in [1.54, 1.807) is 22.7 Å². The molecule has 0 fully saturated rings. The lowest BCUT2D eigenvalue weighted by Crippen LogP contribution is -2.12. The van der Waals surface area contributed by atoms with E-state index in [2.05, 4.69) is 48.4 Å². The summed E-state index contributed by atoms with van der Waals surface area (Å²) in [6.07, 6.45) is 3.31. The van der Waals surface area contributed by atoms with E-state index in [1.807, 2.05) is 0 Å². The maximum atomic E-state index is 4.68. The second-order valence-electron chi connectivity index (χ2n) is 4.76. The third-order valence-corrected chi connectivity index (χ3v) is 5.04. The SMILES string of the molecule is CCCc1nc(C)c(-c2csc(NC(C)CC)n2)s1. The first-order valence-corrected chi connectivity index (χ1v) is 8.52. The summed E-state index contributed by atoms with van der Waals surface area (Å²) in [7, 11) is 0. The molecular weight excluding hydrogens is 274 g/mol. The van der Waals surface area contributed by atoms with Crippen LogP contribution in [0.3, 0.4) is 0 Å². The molecular formula is C14H21N3S2. The van der Waals surface area contributed by atoms with Crippen LogP contribution in [-0.4, -0.2) is 16.0 Å². The number of hydrogen-bond donors (Lipinski definition) is 1. The molecule has 5 heteroatoms. The Morgan fingerprint density at radius 2 is 2.11 bits per heavy atom. The van der Waals surface area contributed by atoms with Crippen LogP contribution in [0.2, 0.25) is 0 Å². The number of hydrogen-bond acceptors (Lipinski definition) is 5. The molecule has 19 heavy (non-hydrogen) atoms. The number of nitrogens with one attached hydrogen (secondary N) is 1. The fraction of sp³-hybridized carbons (Fsp3) is 0.571. The standard InChI is InChI=1S/C14H21N3S2/c1-5-7-12-16-10(4)13(19-12)11-8-18-14(17-11)15-9(3)6-2/h8-9H,5-7H2,1-4H3,(H,15,17). The van der Waals surface area contributed by atoms with Gasteiger partial charge in [-0.2, -0.15) is 0 Å². The van der Waals surface area contributed by atoms with Gasteiger partial charge < -0.3 is 5.32 Å². The lowest BCUT2D eigenvalue weighted by Gasteiger charge is -2.08. The second-order valence-corrected chi connectivity index (χ2v) is 6.71. The Kier molecular flexibility index (Phi) is 4.93. The van der Waals surface area contributed by atoms with Crippen molar-refractivity contribution >= 4 is 27.8 Å². The van der Waals surface area contributed by atoms with Crippen molar-refractivity contribution in [2.24, 2.45) is 0 Å². The van der Waals surface area contributed by atoms with E-state index in [0.29, 0.717) is 6.04 Å². The fourth-order valence-corrected chi connectivity index (χ4v) is 3.78. The van der Waals surface area contributed by atoms with Crippen LogP contribution in [0.4, 0.5) is 5.13 Å². The summed E-state index contributed by atoms with van der Waals surface area (Å²) in [5, 5.41) is 7.78. The Balaban J connectivity index is 2.17. The summed E-state index contributed by atoms with van der Waals surface area (Å²) in [5.41, 5.74) is 2.17. The van der Waals surface area contributed by atoms with E-state index in [4.69, 9.17) is 0 Å². The third kappa shape index (κ3) is 3.54. The van der Waals surface area contributed by atoms with E-state index < -0.39 is 0 Å². The molecule has 104 valence electrons. The zero-order chi connectivity index (χ0) is 13.8. The average Bonchev–Trinajstić information content (AvgIpc) is 2.96.